The maximum atomic E-state index is 11.0. The van der Waals surface area contributed by atoms with Gasteiger partial charge in [-0.2, -0.15) is 4.98 Å². The van der Waals surface area contributed by atoms with Gasteiger partial charge in [0.2, 0.25) is 5.89 Å². The first-order valence-corrected chi connectivity index (χ1v) is 7.15. The first-order chi connectivity index (χ1) is 9.36. The summed E-state index contributed by atoms with van der Waals surface area (Å²) in [6.45, 7) is 6.50. The molecular formula is C14H23N3O3. The Labute approximate surface area is 119 Å². The summed E-state index contributed by atoms with van der Waals surface area (Å²) < 4.78 is 5.26. The summed E-state index contributed by atoms with van der Waals surface area (Å²) in [6, 6.07) is 0.322. The summed E-state index contributed by atoms with van der Waals surface area (Å²) in [5.74, 6) is 0.355. The Balaban J connectivity index is 2.06. The van der Waals surface area contributed by atoms with E-state index in [2.05, 4.69) is 10.1 Å². The van der Waals surface area contributed by atoms with Crippen LogP contribution in [0, 0.1) is 0 Å². The van der Waals surface area contributed by atoms with E-state index in [1.807, 2.05) is 25.7 Å². The molecule has 1 fully saturated rings. The molecule has 0 amide bonds. The van der Waals surface area contributed by atoms with Crippen molar-refractivity contribution in [3.05, 3.63) is 11.7 Å². The number of carbonyl (C=O) groups is 1. The molecule has 0 radical (unpaired) electrons. The average molecular weight is 281 g/mol. The van der Waals surface area contributed by atoms with E-state index in [4.69, 9.17) is 9.63 Å². The zero-order valence-electron chi connectivity index (χ0n) is 12.4. The summed E-state index contributed by atoms with van der Waals surface area (Å²) >= 11 is 0. The summed E-state index contributed by atoms with van der Waals surface area (Å²) in [5, 5.41) is 13.0. The summed E-state index contributed by atoms with van der Waals surface area (Å²) in [6.07, 6.45) is 4.44. The Morgan fingerprint density at radius 2 is 2.05 bits per heavy atom. The summed E-state index contributed by atoms with van der Waals surface area (Å²) in [4.78, 5) is 17.4. The fraction of sp³-hybridized carbons (Fsp3) is 0.786. The van der Waals surface area contributed by atoms with Crippen molar-refractivity contribution < 1.29 is 14.4 Å². The number of aromatic nitrogens is 2. The van der Waals surface area contributed by atoms with Gasteiger partial charge in [-0.05, 0) is 12.8 Å². The maximum absolute atomic E-state index is 11.0. The Hall–Kier alpha value is -1.43. The molecule has 20 heavy (non-hydrogen) atoms. The molecule has 0 aliphatic heterocycles. The van der Waals surface area contributed by atoms with E-state index in [1.54, 1.807) is 0 Å². The first kappa shape index (κ1) is 15.0. The molecule has 0 spiro atoms. The summed E-state index contributed by atoms with van der Waals surface area (Å²) in [5.41, 5.74) is -0.184. The molecule has 6 nitrogen and oxygen atoms in total. The predicted molar refractivity (Wildman–Crippen MR) is 73.3 cm³/mol. The van der Waals surface area contributed by atoms with Gasteiger partial charge in [-0.1, -0.05) is 38.8 Å². The minimum atomic E-state index is -0.809. The van der Waals surface area contributed by atoms with Crippen molar-refractivity contribution in [1.82, 2.24) is 15.0 Å². The second kappa shape index (κ2) is 5.91. The standard InChI is InChI=1S/C14H23N3O3/c1-14(2,3)13-15-11(16-20-13)8-17(9-12(18)19)10-6-4-5-7-10/h10H,4-9H2,1-3H3,(H,18,19). The van der Waals surface area contributed by atoms with Gasteiger partial charge >= 0.3 is 5.97 Å². The van der Waals surface area contributed by atoms with Crippen LogP contribution in [0.4, 0.5) is 0 Å². The average Bonchev–Trinajstić information content (AvgIpc) is 2.97. The number of hydrogen-bond acceptors (Lipinski definition) is 5. The molecule has 1 aliphatic carbocycles. The third-order valence-corrected chi connectivity index (χ3v) is 3.63. The lowest BCUT2D eigenvalue weighted by Crippen LogP contribution is -2.37. The van der Waals surface area contributed by atoms with Gasteiger partial charge in [0.05, 0.1) is 13.1 Å². The zero-order chi connectivity index (χ0) is 14.8. The molecule has 1 saturated carbocycles. The minimum Gasteiger partial charge on any atom is -0.480 e. The van der Waals surface area contributed by atoms with Gasteiger partial charge in [0.15, 0.2) is 5.82 Å². The third kappa shape index (κ3) is 3.79. The smallest absolute Gasteiger partial charge is 0.317 e. The van der Waals surface area contributed by atoms with Crippen LogP contribution in [0.15, 0.2) is 4.52 Å². The molecule has 1 heterocycles. The molecule has 0 saturated heterocycles. The van der Waals surface area contributed by atoms with E-state index < -0.39 is 5.97 Å². The monoisotopic (exact) mass is 281 g/mol. The van der Waals surface area contributed by atoms with Crippen LogP contribution < -0.4 is 0 Å². The lowest BCUT2D eigenvalue weighted by atomic mass is 9.97. The van der Waals surface area contributed by atoms with Crippen molar-refractivity contribution in [2.75, 3.05) is 6.54 Å². The lowest BCUT2D eigenvalue weighted by Gasteiger charge is -2.25. The summed E-state index contributed by atoms with van der Waals surface area (Å²) in [7, 11) is 0. The van der Waals surface area contributed by atoms with Crippen LogP contribution in [0.2, 0.25) is 0 Å². The molecule has 1 aliphatic rings. The highest BCUT2D eigenvalue weighted by molar-refractivity contribution is 5.69. The fourth-order valence-electron chi connectivity index (χ4n) is 2.56. The van der Waals surface area contributed by atoms with E-state index in [0.717, 1.165) is 12.8 Å². The van der Waals surface area contributed by atoms with Gasteiger partial charge in [0, 0.05) is 11.5 Å². The minimum absolute atomic E-state index is 0.0318. The number of aliphatic carboxylic acids is 1. The molecule has 1 aromatic heterocycles. The van der Waals surface area contributed by atoms with Crippen LogP contribution in [0.1, 0.15) is 58.2 Å². The highest BCUT2D eigenvalue weighted by Gasteiger charge is 2.27. The van der Waals surface area contributed by atoms with Crippen LogP contribution in [0.25, 0.3) is 0 Å². The molecule has 6 heteroatoms. The van der Waals surface area contributed by atoms with Crippen molar-refractivity contribution in [1.29, 1.82) is 0 Å². The van der Waals surface area contributed by atoms with Crippen molar-refractivity contribution in [2.24, 2.45) is 0 Å². The van der Waals surface area contributed by atoms with Gasteiger partial charge in [-0.15, -0.1) is 0 Å². The van der Waals surface area contributed by atoms with E-state index in [1.165, 1.54) is 12.8 Å². The van der Waals surface area contributed by atoms with Crippen LogP contribution in [0.5, 0.6) is 0 Å². The van der Waals surface area contributed by atoms with Crippen LogP contribution in [-0.2, 0) is 16.8 Å². The van der Waals surface area contributed by atoms with Crippen molar-refractivity contribution in [3.8, 4) is 0 Å². The quantitative estimate of drug-likeness (QED) is 0.891. The Morgan fingerprint density at radius 1 is 1.40 bits per heavy atom. The second-order valence-electron chi connectivity index (χ2n) is 6.50. The Kier molecular flexibility index (Phi) is 4.42. The molecule has 0 aromatic carbocycles. The highest BCUT2D eigenvalue weighted by Crippen LogP contribution is 2.25. The van der Waals surface area contributed by atoms with E-state index in [-0.39, 0.29) is 12.0 Å². The lowest BCUT2D eigenvalue weighted by molar-refractivity contribution is -0.139. The zero-order valence-corrected chi connectivity index (χ0v) is 12.4. The Morgan fingerprint density at radius 3 is 2.55 bits per heavy atom. The van der Waals surface area contributed by atoms with E-state index >= 15 is 0 Å². The number of nitrogens with zero attached hydrogens (tertiary/aromatic N) is 3. The van der Waals surface area contributed by atoms with Crippen LogP contribution >= 0.6 is 0 Å². The van der Waals surface area contributed by atoms with Gasteiger partial charge in [-0.3, -0.25) is 9.69 Å². The number of hydrogen-bond donors (Lipinski definition) is 1. The van der Waals surface area contributed by atoms with E-state index in [0.29, 0.717) is 24.3 Å². The molecule has 2 rings (SSSR count). The van der Waals surface area contributed by atoms with Gasteiger partial charge in [0.1, 0.15) is 0 Å². The van der Waals surface area contributed by atoms with Crippen LogP contribution in [-0.4, -0.2) is 38.7 Å². The second-order valence-corrected chi connectivity index (χ2v) is 6.50. The van der Waals surface area contributed by atoms with Crippen molar-refractivity contribution in [2.45, 2.75) is 64.5 Å². The number of rotatable bonds is 5. The van der Waals surface area contributed by atoms with Gasteiger partial charge in [0.25, 0.3) is 0 Å². The molecule has 1 aromatic rings. The molecule has 0 bridgehead atoms. The highest BCUT2D eigenvalue weighted by atomic mass is 16.5. The van der Waals surface area contributed by atoms with Crippen LogP contribution in [0.3, 0.4) is 0 Å². The largest absolute Gasteiger partial charge is 0.480 e. The van der Waals surface area contributed by atoms with Gasteiger partial charge < -0.3 is 9.63 Å². The van der Waals surface area contributed by atoms with Crippen molar-refractivity contribution in [3.63, 3.8) is 0 Å². The topological polar surface area (TPSA) is 79.5 Å². The Bertz CT molecular complexity index is 458. The van der Waals surface area contributed by atoms with Gasteiger partial charge in [-0.25, -0.2) is 0 Å². The van der Waals surface area contributed by atoms with E-state index in [9.17, 15) is 4.79 Å². The number of carboxylic acid groups (broad SMARTS) is 1. The molecule has 1 N–H and O–H groups in total. The molecule has 0 atom stereocenters. The van der Waals surface area contributed by atoms with Crippen molar-refractivity contribution >= 4 is 5.97 Å². The molecule has 112 valence electrons. The first-order valence-electron chi connectivity index (χ1n) is 7.15. The SMILES string of the molecule is CC(C)(C)c1nc(CN(CC(=O)O)C2CCCC2)no1. The molecular weight excluding hydrogens is 258 g/mol. The third-order valence-electron chi connectivity index (χ3n) is 3.63. The fourth-order valence-corrected chi connectivity index (χ4v) is 2.56. The predicted octanol–water partition coefficient (Wildman–Crippen LogP) is 2.20. The maximum Gasteiger partial charge on any atom is 0.317 e. The normalized spacial score (nSPS) is 17.0. The molecule has 0 unspecified atom stereocenters. The number of carboxylic acids is 1.